The number of sulfonamides is 1. The van der Waals surface area contributed by atoms with E-state index in [4.69, 9.17) is 5.10 Å². The van der Waals surface area contributed by atoms with Gasteiger partial charge in [0, 0.05) is 29.8 Å². The number of fused-ring (bicyclic) bond motifs is 3. The number of Topliss-reactive ketones (excluding diaryl/α,β-unsaturated/α-hetero) is 1. The van der Waals surface area contributed by atoms with Crippen LogP contribution in [0.15, 0.2) is 90.5 Å². The van der Waals surface area contributed by atoms with Crippen LogP contribution >= 0.6 is 0 Å². The van der Waals surface area contributed by atoms with Crippen molar-refractivity contribution in [2.75, 3.05) is 11.0 Å². The predicted molar refractivity (Wildman–Crippen MR) is 159 cm³/mol. The number of carbonyl (C=O) groups is 1. The SMILES string of the molecule is C[C@@H]1C(=O)C(C#N)=C[C@]2(c3ccccc3)c3nn(C)c(-c4cccc(-c5cccc(NS(C)(=O)=O)c5)c4)c3CC[C@@H]12. The first-order valence-electron chi connectivity index (χ1n) is 13.6. The van der Waals surface area contributed by atoms with Gasteiger partial charge in [0.15, 0.2) is 5.78 Å². The number of nitrogens with zero attached hydrogens (tertiary/aromatic N) is 3. The number of rotatable bonds is 5. The number of allylic oxidation sites excluding steroid dienone is 2. The Morgan fingerprint density at radius 1 is 1.00 bits per heavy atom. The highest BCUT2D eigenvalue weighted by Crippen LogP contribution is 2.54. The maximum atomic E-state index is 13.1. The zero-order valence-corrected chi connectivity index (χ0v) is 23.9. The van der Waals surface area contributed by atoms with E-state index in [2.05, 4.69) is 35.1 Å². The van der Waals surface area contributed by atoms with Gasteiger partial charge in [-0.05, 0) is 59.7 Å². The summed E-state index contributed by atoms with van der Waals surface area (Å²) >= 11 is 0. The topological polar surface area (TPSA) is 105 Å². The van der Waals surface area contributed by atoms with Crippen LogP contribution < -0.4 is 4.72 Å². The molecule has 0 fully saturated rings. The van der Waals surface area contributed by atoms with Gasteiger partial charge in [0.2, 0.25) is 10.0 Å². The zero-order valence-electron chi connectivity index (χ0n) is 23.1. The molecular formula is C33H30N4O3S. The number of benzene rings is 3. The van der Waals surface area contributed by atoms with Crippen LogP contribution in [-0.4, -0.2) is 30.2 Å². The molecular weight excluding hydrogens is 532 g/mol. The second kappa shape index (κ2) is 9.86. The van der Waals surface area contributed by atoms with E-state index in [1.165, 1.54) is 0 Å². The molecule has 206 valence electrons. The van der Waals surface area contributed by atoms with Crippen LogP contribution in [-0.2, 0) is 33.7 Å². The molecule has 0 radical (unpaired) electrons. The third-order valence-corrected chi connectivity index (χ3v) is 9.10. The Balaban J connectivity index is 1.52. The lowest BCUT2D eigenvalue weighted by Gasteiger charge is -2.47. The summed E-state index contributed by atoms with van der Waals surface area (Å²) < 4.78 is 28.0. The summed E-state index contributed by atoms with van der Waals surface area (Å²) in [7, 11) is -1.45. The second-order valence-electron chi connectivity index (χ2n) is 11.0. The molecule has 0 saturated heterocycles. The standard InChI is InChI=1S/C33H30N4O3S/c1-21-29-16-15-28-30(24-11-7-9-22(17-24)23-10-8-14-27(18-23)36-41(3,39)40)37(2)35-32(28)33(29,19-25(20-34)31(21)38)26-12-5-4-6-13-26/h4-14,17-19,21,29,36H,15-16H2,1-3H3/t21-,29-,33+/m0/s1. The molecule has 1 heterocycles. The quantitative estimate of drug-likeness (QED) is 0.339. The van der Waals surface area contributed by atoms with Gasteiger partial charge in [-0.25, -0.2) is 8.42 Å². The molecule has 2 aliphatic rings. The van der Waals surface area contributed by atoms with E-state index in [1.54, 1.807) is 6.07 Å². The number of nitriles is 1. The largest absolute Gasteiger partial charge is 0.293 e. The average molecular weight is 563 g/mol. The van der Waals surface area contributed by atoms with Crippen molar-refractivity contribution in [1.29, 1.82) is 5.26 Å². The van der Waals surface area contributed by atoms with Crippen LogP contribution in [0.1, 0.15) is 30.2 Å². The van der Waals surface area contributed by atoms with Crippen molar-refractivity contribution in [2.45, 2.75) is 25.2 Å². The number of nitrogens with one attached hydrogen (secondary N) is 1. The predicted octanol–water partition coefficient (Wildman–Crippen LogP) is 5.64. The van der Waals surface area contributed by atoms with E-state index in [-0.39, 0.29) is 23.2 Å². The molecule has 1 aromatic heterocycles. The van der Waals surface area contributed by atoms with Gasteiger partial charge in [-0.3, -0.25) is 14.2 Å². The molecule has 3 atom stereocenters. The van der Waals surface area contributed by atoms with Gasteiger partial charge in [0.25, 0.3) is 0 Å². The van der Waals surface area contributed by atoms with Gasteiger partial charge in [0.05, 0.1) is 28.6 Å². The Bertz CT molecular complexity index is 1870. The minimum absolute atomic E-state index is 0.0128. The number of carbonyl (C=O) groups excluding carboxylic acids is 1. The summed E-state index contributed by atoms with van der Waals surface area (Å²) in [6, 6.07) is 27.8. The first-order chi connectivity index (χ1) is 19.6. The fourth-order valence-corrected chi connectivity index (χ4v) is 7.36. The Morgan fingerprint density at radius 2 is 1.68 bits per heavy atom. The zero-order chi connectivity index (χ0) is 28.9. The smallest absolute Gasteiger partial charge is 0.229 e. The van der Waals surface area contributed by atoms with Crippen molar-refractivity contribution in [2.24, 2.45) is 18.9 Å². The Morgan fingerprint density at radius 3 is 2.39 bits per heavy atom. The van der Waals surface area contributed by atoms with Crippen molar-refractivity contribution in [3.05, 3.63) is 107 Å². The Labute approximate surface area is 240 Å². The number of ketones is 1. The van der Waals surface area contributed by atoms with Crippen LogP contribution in [0.5, 0.6) is 0 Å². The van der Waals surface area contributed by atoms with Gasteiger partial charge in [-0.15, -0.1) is 0 Å². The third kappa shape index (κ3) is 4.47. The minimum Gasteiger partial charge on any atom is -0.293 e. The number of anilines is 1. The van der Waals surface area contributed by atoms with Gasteiger partial charge in [-0.1, -0.05) is 67.6 Å². The van der Waals surface area contributed by atoms with Crippen molar-refractivity contribution < 1.29 is 13.2 Å². The first kappa shape index (κ1) is 26.7. The maximum Gasteiger partial charge on any atom is 0.229 e. The highest BCUT2D eigenvalue weighted by atomic mass is 32.2. The average Bonchev–Trinajstić information content (AvgIpc) is 3.31. The van der Waals surface area contributed by atoms with Gasteiger partial charge >= 0.3 is 0 Å². The molecule has 8 heteroatoms. The summed E-state index contributed by atoms with van der Waals surface area (Å²) in [5.74, 6) is -0.408. The summed E-state index contributed by atoms with van der Waals surface area (Å²) in [4.78, 5) is 13.1. The molecule has 3 aromatic carbocycles. The molecule has 7 nitrogen and oxygen atoms in total. The van der Waals surface area contributed by atoms with Crippen LogP contribution in [0.25, 0.3) is 22.4 Å². The molecule has 0 unspecified atom stereocenters. The molecule has 0 bridgehead atoms. The van der Waals surface area contributed by atoms with Crippen molar-refractivity contribution in [3.8, 4) is 28.5 Å². The third-order valence-electron chi connectivity index (χ3n) is 8.49. The lowest BCUT2D eigenvalue weighted by molar-refractivity contribution is -0.121. The van der Waals surface area contributed by atoms with E-state index in [1.807, 2.05) is 73.3 Å². The molecule has 1 N–H and O–H groups in total. The molecule has 0 amide bonds. The number of aryl methyl sites for hydroxylation is 1. The van der Waals surface area contributed by atoms with E-state index >= 15 is 0 Å². The van der Waals surface area contributed by atoms with Crippen molar-refractivity contribution >= 4 is 21.5 Å². The van der Waals surface area contributed by atoms with Gasteiger partial charge in [0.1, 0.15) is 6.07 Å². The fraction of sp³-hybridized carbons (Fsp3) is 0.242. The van der Waals surface area contributed by atoms with Crippen LogP contribution in [0.4, 0.5) is 5.69 Å². The van der Waals surface area contributed by atoms with E-state index < -0.39 is 15.4 Å². The molecule has 0 aliphatic heterocycles. The van der Waals surface area contributed by atoms with Crippen LogP contribution in [0.2, 0.25) is 0 Å². The highest BCUT2D eigenvalue weighted by molar-refractivity contribution is 7.92. The lowest BCUT2D eigenvalue weighted by Crippen LogP contribution is -2.48. The molecule has 41 heavy (non-hydrogen) atoms. The molecule has 4 aromatic rings. The van der Waals surface area contributed by atoms with Crippen LogP contribution in [0, 0.1) is 23.2 Å². The van der Waals surface area contributed by atoms with E-state index in [9.17, 15) is 18.5 Å². The van der Waals surface area contributed by atoms with Crippen molar-refractivity contribution in [3.63, 3.8) is 0 Å². The second-order valence-corrected chi connectivity index (χ2v) is 12.8. The monoisotopic (exact) mass is 562 g/mol. The molecule has 6 rings (SSSR count). The van der Waals surface area contributed by atoms with Gasteiger partial charge in [-0.2, -0.15) is 10.4 Å². The van der Waals surface area contributed by atoms with Gasteiger partial charge < -0.3 is 0 Å². The molecule has 0 saturated carbocycles. The Hall–Kier alpha value is -4.48. The minimum atomic E-state index is -3.40. The number of hydrogen-bond acceptors (Lipinski definition) is 5. The number of hydrogen-bond donors (Lipinski definition) is 1. The fourth-order valence-electron chi connectivity index (χ4n) is 6.81. The van der Waals surface area contributed by atoms with E-state index in [0.717, 1.165) is 58.3 Å². The summed E-state index contributed by atoms with van der Waals surface area (Å²) in [5, 5.41) is 15.1. The molecule has 0 spiro atoms. The van der Waals surface area contributed by atoms with E-state index in [0.29, 0.717) is 5.69 Å². The van der Waals surface area contributed by atoms with Crippen molar-refractivity contribution in [1.82, 2.24) is 9.78 Å². The van der Waals surface area contributed by atoms with Crippen LogP contribution in [0.3, 0.4) is 0 Å². The normalized spacial score (nSPS) is 21.8. The number of aromatic nitrogens is 2. The summed E-state index contributed by atoms with van der Waals surface area (Å²) in [6.45, 7) is 1.94. The Kier molecular flexibility index (Phi) is 6.43. The summed E-state index contributed by atoms with van der Waals surface area (Å²) in [5.41, 5.74) is 6.89. The lowest BCUT2D eigenvalue weighted by atomic mass is 9.54. The molecule has 2 aliphatic carbocycles. The maximum absolute atomic E-state index is 13.1. The highest BCUT2D eigenvalue weighted by Gasteiger charge is 2.54. The summed E-state index contributed by atoms with van der Waals surface area (Å²) in [6.07, 6.45) is 4.57. The first-order valence-corrected chi connectivity index (χ1v) is 15.5.